The molecule has 0 amide bonds. The molecule has 9 nitrogen and oxygen atoms in total. The second-order valence-electron chi connectivity index (χ2n) is 11.0. The number of pyridine rings is 1. The van der Waals surface area contributed by atoms with Crippen LogP contribution < -0.4 is 10.3 Å². The van der Waals surface area contributed by atoms with E-state index >= 15 is 0 Å². The van der Waals surface area contributed by atoms with E-state index in [1.807, 2.05) is 28.9 Å². The number of rotatable bonds is 6. The van der Waals surface area contributed by atoms with Gasteiger partial charge in [-0.2, -0.15) is 0 Å². The van der Waals surface area contributed by atoms with Crippen LogP contribution in [0.4, 0.5) is 0 Å². The first-order valence-corrected chi connectivity index (χ1v) is 14.2. The minimum atomic E-state index is -0.287. The van der Waals surface area contributed by atoms with Gasteiger partial charge in [0, 0.05) is 48.7 Å². The fourth-order valence-electron chi connectivity index (χ4n) is 6.80. The van der Waals surface area contributed by atoms with Crippen LogP contribution in [0.5, 0.6) is 5.75 Å². The van der Waals surface area contributed by atoms with Crippen molar-refractivity contribution in [1.29, 1.82) is 0 Å². The van der Waals surface area contributed by atoms with E-state index in [2.05, 4.69) is 30.3 Å². The van der Waals surface area contributed by atoms with Gasteiger partial charge in [0.2, 0.25) is 0 Å². The molecule has 37 heavy (non-hydrogen) atoms. The highest BCUT2D eigenvalue weighted by Crippen LogP contribution is 2.34. The van der Waals surface area contributed by atoms with Crippen LogP contribution in [0.1, 0.15) is 87.7 Å². The van der Waals surface area contributed by atoms with Crippen molar-refractivity contribution in [2.45, 2.75) is 82.3 Å². The lowest BCUT2D eigenvalue weighted by Crippen LogP contribution is -2.52. The summed E-state index contributed by atoms with van der Waals surface area (Å²) in [6.45, 7) is 3.83. The molecular weight excluding hydrogens is 466 g/mol. The summed E-state index contributed by atoms with van der Waals surface area (Å²) in [7, 11) is 1.67. The zero-order valence-corrected chi connectivity index (χ0v) is 21.9. The molecule has 1 aromatic carbocycles. The Hall–Kier alpha value is -2.78. The predicted octanol–water partition coefficient (Wildman–Crippen LogP) is 4.07. The van der Waals surface area contributed by atoms with Gasteiger partial charge in [0.15, 0.2) is 5.82 Å². The van der Waals surface area contributed by atoms with Crippen LogP contribution in [-0.2, 0) is 0 Å². The van der Waals surface area contributed by atoms with Crippen LogP contribution in [0, 0.1) is 0 Å². The van der Waals surface area contributed by atoms with E-state index in [9.17, 15) is 4.79 Å². The number of aromatic nitrogens is 5. The van der Waals surface area contributed by atoms with Gasteiger partial charge in [0.25, 0.3) is 5.56 Å². The highest BCUT2D eigenvalue weighted by molar-refractivity contribution is 5.80. The Labute approximate surface area is 218 Å². The topological polar surface area (TPSA) is 92.2 Å². The Morgan fingerprint density at radius 1 is 0.919 bits per heavy atom. The Morgan fingerprint density at radius 2 is 1.62 bits per heavy atom. The zero-order chi connectivity index (χ0) is 25.2. The van der Waals surface area contributed by atoms with Gasteiger partial charge in [-0.05, 0) is 60.4 Å². The molecule has 2 aromatic heterocycles. The average Bonchev–Trinajstić information content (AvgIpc) is 3.44. The minimum Gasteiger partial charge on any atom is -0.497 e. The van der Waals surface area contributed by atoms with E-state index in [4.69, 9.17) is 4.74 Å². The van der Waals surface area contributed by atoms with Crippen LogP contribution in [-0.4, -0.2) is 74.3 Å². The molecule has 3 fully saturated rings. The molecule has 3 aromatic rings. The number of methoxy groups -OCH3 is 1. The Kier molecular flexibility index (Phi) is 7.24. The third-order valence-electron chi connectivity index (χ3n) is 8.86. The number of tetrazole rings is 1. The highest BCUT2D eigenvalue weighted by atomic mass is 16.5. The molecule has 3 aliphatic rings. The molecule has 0 radical (unpaired) electrons. The molecule has 198 valence electrons. The van der Waals surface area contributed by atoms with Gasteiger partial charge in [-0.15, -0.1) is 5.10 Å². The fourth-order valence-corrected chi connectivity index (χ4v) is 6.80. The van der Waals surface area contributed by atoms with Gasteiger partial charge < -0.3 is 9.72 Å². The molecule has 2 saturated carbocycles. The number of nitrogens with one attached hydrogen (secondary N) is 1. The number of H-pyrrole nitrogens is 1. The molecule has 0 spiro atoms. The molecule has 1 saturated heterocycles. The lowest BCUT2D eigenvalue weighted by molar-refractivity contribution is 0.0610. The molecule has 6 rings (SSSR count). The molecular formula is C28H39N7O2. The van der Waals surface area contributed by atoms with E-state index in [1.165, 1.54) is 51.4 Å². The smallest absolute Gasteiger partial charge is 0.253 e. The summed E-state index contributed by atoms with van der Waals surface area (Å²) in [5.74, 6) is 1.57. The lowest BCUT2D eigenvalue weighted by atomic mass is 9.93. The van der Waals surface area contributed by atoms with Crippen LogP contribution in [0.15, 0.2) is 29.1 Å². The van der Waals surface area contributed by atoms with Gasteiger partial charge in [0.1, 0.15) is 11.8 Å². The van der Waals surface area contributed by atoms with Crippen molar-refractivity contribution in [2.24, 2.45) is 0 Å². The van der Waals surface area contributed by atoms with Crippen molar-refractivity contribution in [3.8, 4) is 5.75 Å². The summed E-state index contributed by atoms with van der Waals surface area (Å²) in [6, 6.07) is 8.51. The first kappa shape index (κ1) is 24.6. The largest absolute Gasteiger partial charge is 0.497 e. The number of benzene rings is 1. The van der Waals surface area contributed by atoms with Gasteiger partial charge in [-0.1, -0.05) is 38.5 Å². The summed E-state index contributed by atoms with van der Waals surface area (Å²) in [5, 5.41) is 14.1. The normalized spacial score (nSPS) is 21.9. The van der Waals surface area contributed by atoms with Crippen molar-refractivity contribution in [3.63, 3.8) is 0 Å². The Morgan fingerprint density at radius 3 is 2.32 bits per heavy atom. The summed E-state index contributed by atoms with van der Waals surface area (Å²) in [6.07, 6.45) is 12.5. The third kappa shape index (κ3) is 5.03. The first-order chi connectivity index (χ1) is 18.2. The van der Waals surface area contributed by atoms with E-state index in [1.54, 1.807) is 7.11 Å². The number of fused-ring (bicyclic) bond motifs is 1. The Bertz CT molecular complexity index is 1250. The summed E-state index contributed by atoms with van der Waals surface area (Å²) < 4.78 is 7.50. The fraction of sp³-hybridized carbons (Fsp3) is 0.643. The Balaban J connectivity index is 1.37. The second-order valence-corrected chi connectivity index (χ2v) is 11.0. The number of aromatic amines is 1. The van der Waals surface area contributed by atoms with Crippen molar-refractivity contribution < 1.29 is 4.74 Å². The van der Waals surface area contributed by atoms with Crippen LogP contribution in [0.25, 0.3) is 10.9 Å². The van der Waals surface area contributed by atoms with Gasteiger partial charge in [-0.3, -0.25) is 14.6 Å². The van der Waals surface area contributed by atoms with Crippen LogP contribution >= 0.6 is 0 Å². The molecule has 1 unspecified atom stereocenters. The monoisotopic (exact) mass is 505 g/mol. The zero-order valence-electron chi connectivity index (χ0n) is 21.9. The molecule has 2 aliphatic carbocycles. The van der Waals surface area contributed by atoms with Crippen molar-refractivity contribution >= 4 is 10.9 Å². The maximum Gasteiger partial charge on any atom is 0.253 e. The van der Waals surface area contributed by atoms with Gasteiger partial charge in [-0.25, -0.2) is 4.68 Å². The summed E-state index contributed by atoms with van der Waals surface area (Å²) >= 11 is 0. The van der Waals surface area contributed by atoms with E-state index < -0.39 is 0 Å². The summed E-state index contributed by atoms with van der Waals surface area (Å²) in [5.41, 5.74) is 1.44. The van der Waals surface area contributed by atoms with E-state index in [0.717, 1.165) is 61.5 Å². The van der Waals surface area contributed by atoms with E-state index in [-0.39, 0.29) is 11.6 Å². The quantitative estimate of drug-likeness (QED) is 0.540. The number of hydrogen-bond acceptors (Lipinski definition) is 7. The first-order valence-electron chi connectivity index (χ1n) is 14.2. The van der Waals surface area contributed by atoms with E-state index in [0.29, 0.717) is 17.6 Å². The molecule has 9 heteroatoms. The maximum absolute atomic E-state index is 13.6. The predicted molar refractivity (Wildman–Crippen MR) is 143 cm³/mol. The minimum absolute atomic E-state index is 0.0735. The molecule has 1 atom stereocenters. The number of nitrogens with zero attached hydrogens (tertiary/aromatic N) is 6. The van der Waals surface area contributed by atoms with Crippen molar-refractivity contribution in [2.75, 3.05) is 33.3 Å². The second kappa shape index (κ2) is 10.9. The molecule has 3 heterocycles. The standard InChI is InChI=1S/C28H39N7O2/c1-37-23-12-13-25-20(18-23)19-24(28(36)29-25)26(27-30-31-32-35(27)22-10-6-3-7-11-22)34-16-14-33(15-17-34)21-8-4-2-5-9-21/h12-13,18-19,21-22,26H,2-11,14-17H2,1H3,(H,29,36). The lowest BCUT2D eigenvalue weighted by Gasteiger charge is -2.43. The number of piperazine rings is 1. The van der Waals surface area contributed by atoms with Crippen molar-refractivity contribution in [3.05, 3.63) is 46.0 Å². The van der Waals surface area contributed by atoms with Gasteiger partial charge in [0.05, 0.1) is 13.2 Å². The third-order valence-corrected chi connectivity index (χ3v) is 8.86. The summed E-state index contributed by atoms with van der Waals surface area (Å²) in [4.78, 5) is 21.8. The molecule has 1 aliphatic heterocycles. The average molecular weight is 506 g/mol. The number of hydrogen-bond donors (Lipinski definition) is 1. The van der Waals surface area contributed by atoms with Crippen LogP contribution in [0.2, 0.25) is 0 Å². The van der Waals surface area contributed by atoms with Crippen LogP contribution in [0.3, 0.4) is 0 Å². The maximum atomic E-state index is 13.6. The SMILES string of the molecule is COc1ccc2[nH]c(=O)c(C(c3nnnn3C3CCCCC3)N3CCN(C4CCCCC4)CC3)cc2c1. The van der Waals surface area contributed by atoms with Gasteiger partial charge >= 0.3 is 0 Å². The molecule has 1 N–H and O–H groups in total. The highest BCUT2D eigenvalue weighted by Gasteiger charge is 2.35. The number of ether oxygens (including phenoxy) is 1. The van der Waals surface area contributed by atoms with Crippen molar-refractivity contribution in [1.82, 2.24) is 35.0 Å². The molecule has 0 bridgehead atoms.